The first kappa shape index (κ1) is 15.5. The van der Waals surface area contributed by atoms with E-state index in [4.69, 9.17) is 4.74 Å². The third kappa shape index (κ3) is 4.55. The summed E-state index contributed by atoms with van der Waals surface area (Å²) in [6, 6.07) is 8.13. The first-order chi connectivity index (χ1) is 8.86. The lowest BCUT2D eigenvalue weighted by Crippen LogP contribution is -2.32. The second-order valence-corrected chi connectivity index (χ2v) is 6.34. The van der Waals surface area contributed by atoms with E-state index in [2.05, 4.69) is 0 Å². The van der Waals surface area contributed by atoms with E-state index in [9.17, 15) is 13.2 Å². The fraction of sp³-hybridized carbons (Fsp3) is 0.462. The first-order valence-corrected chi connectivity index (χ1v) is 7.71. The number of ether oxygens (including phenoxy) is 1. The van der Waals surface area contributed by atoms with E-state index in [0.717, 1.165) is 0 Å². The van der Waals surface area contributed by atoms with Gasteiger partial charge in [-0.25, -0.2) is 13.2 Å². The summed E-state index contributed by atoms with van der Waals surface area (Å²) in [6.07, 6.45) is -1.20. The average Bonchev–Trinajstić information content (AvgIpc) is 2.38. The van der Waals surface area contributed by atoms with Crippen LogP contribution in [0.4, 0.5) is 4.79 Å². The summed E-state index contributed by atoms with van der Waals surface area (Å²) in [5, 5.41) is 0. The van der Waals surface area contributed by atoms with Crippen LogP contribution in [0.25, 0.3) is 0 Å². The number of benzene rings is 1. The molecule has 0 aliphatic heterocycles. The van der Waals surface area contributed by atoms with Crippen LogP contribution in [0.5, 0.6) is 0 Å². The van der Waals surface area contributed by atoms with Crippen LogP contribution in [0.3, 0.4) is 0 Å². The number of rotatable bonds is 5. The standard InChI is InChI=1S/C13H19NO4S/c1-4-14(3)13(15)18-11(2)10-19(16,17)12-8-6-5-7-9-12/h5-9,11H,4,10H2,1-3H3. The lowest BCUT2D eigenvalue weighted by molar-refractivity contribution is 0.0866. The SMILES string of the molecule is CCN(C)C(=O)OC(C)CS(=O)(=O)c1ccccc1. The van der Waals surface area contributed by atoms with Crippen molar-refractivity contribution < 1.29 is 17.9 Å². The van der Waals surface area contributed by atoms with E-state index < -0.39 is 22.0 Å². The van der Waals surface area contributed by atoms with Crippen LogP contribution in [-0.2, 0) is 14.6 Å². The highest BCUT2D eigenvalue weighted by molar-refractivity contribution is 7.91. The van der Waals surface area contributed by atoms with E-state index in [0.29, 0.717) is 6.54 Å². The molecule has 0 aliphatic rings. The minimum absolute atomic E-state index is 0.222. The monoisotopic (exact) mass is 285 g/mol. The predicted molar refractivity (Wildman–Crippen MR) is 72.7 cm³/mol. The highest BCUT2D eigenvalue weighted by Gasteiger charge is 2.21. The van der Waals surface area contributed by atoms with Crippen LogP contribution in [0, 0.1) is 0 Å². The molecule has 0 fully saturated rings. The van der Waals surface area contributed by atoms with E-state index >= 15 is 0 Å². The van der Waals surface area contributed by atoms with Gasteiger partial charge in [0.05, 0.1) is 10.6 Å². The van der Waals surface area contributed by atoms with Crippen LogP contribution in [0.1, 0.15) is 13.8 Å². The third-order valence-corrected chi connectivity index (χ3v) is 4.54. The van der Waals surface area contributed by atoms with Gasteiger partial charge >= 0.3 is 6.09 Å². The number of hydrogen-bond acceptors (Lipinski definition) is 4. The molecular weight excluding hydrogens is 266 g/mol. The molecule has 5 nitrogen and oxygen atoms in total. The molecule has 1 unspecified atom stereocenters. The lowest BCUT2D eigenvalue weighted by atomic mass is 10.4. The molecular formula is C13H19NO4S. The van der Waals surface area contributed by atoms with Gasteiger partial charge in [0.15, 0.2) is 9.84 Å². The molecule has 1 aromatic rings. The highest BCUT2D eigenvalue weighted by atomic mass is 32.2. The Morgan fingerprint density at radius 3 is 2.42 bits per heavy atom. The van der Waals surface area contributed by atoms with Gasteiger partial charge in [-0.3, -0.25) is 0 Å². The topological polar surface area (TPSA) is 63.7 Å². The molecule has 106 valence electrons. The van der Waals surface area contributed by atoms with Gasteiger partial charge in [-0.1, -0.05) is 18.2 Å². The molecule has 6 heteroatoms. The molecule has 0 bridgehead atoms. The molecule has 0 saturated heterocycles. The number of amides is 1. The number of carbonyl (C=O) groups excluding carboxylic acids is 1. The Morgan fingerprint density at radius 1 is 1.32 bits per heavy atom. The minimum Gasteiger partial charge on any atom is -0.445 e. The van der Waals surface area contributed by atoms with Crippen molar-refractivity contribution in [2.75, 3.05) is 19.3 Å². The second-order valence-electron chi connectivity index (χ2n) is 4.30. The van der Waals surface area contributed by atoms with Crippen molar-refractivity contribution in [3.05, 3.63) is 30.3 Å². The second kappa shape index (κ2) is 6.56. The normalized spacial score (nSPS) is 12.8. The third-order valence-electron chi connectivity index (χ3n) is 2.64. The summed E-state index contributed by atoms with van der Waals surface area (Å²) in [5.41, 5.74) is 0. The summed E-state index contributed by atoms with van der Waals surface area (Å²) in [5.74, 6) is -0.222. The quantitative estimate of drug-likeness (QED) is 0.829. The molecule has 0 heterocycles. The lowest BCUT2D eigenvalue weighted by Gasteiger charge is -2.19. The maximum Gasteiger partial charge on any atom is 0.409 e. The summed E-state index contributed by atoms with van der Waals surface area (Å²) >= 11 is 0. The van der Waals surface area contributed by atoms with Crippen molar-refractivity contribution in [1.29, 1.82) is 0 Å². The van der Waals surface area contributed by atoms with E-state index in [1.807, 2.05) is 6.92 Å². The molecule has 1 amide bonds. The van der Waals surface area contributed by atoms with Gasteiger partial charge in [0.1, 0.15) is 6.10 Å². The summed E-state index contributed by atoms with van der Waals surface area (Å²) in [7, 11) is -1.84. The van der Waals surface area contributed by atoms with Gasteiger partial charge in [0.2, 0.25) is 0 Å². The van der Waals surface area contributed by atoms with Crippen molar-refractivity contribution in [1.82, 2.24) is 4.90 Å². The predicted octanol–water partition coefficient (Wildman–Crippen LogP) is 1.94. The highest BCUT2D eigenvalue weighted by Crippen LogP contribution is 2.12. The number of hydrogen-bond donors (Lipinski definition) is 0. The summed E-state index contributed by atoms with van der Waals surface area (Å²) < 4.78 is 29.2. The molecule has 0 aliphatic carbocycles. The average molecular weight is 285 g/mol. The maximum atomic E-state index is 12.1. The van der Waals surface area contributed by atoms with Gasteiger partial charge in [-0.15, -0.1) is 0 Å². The Labute approximate surface area is 114 Å². The number of nitrogens with zero attached hydrogens (tertiary/aromatic N) is 1. The van der Waals surface area contributed by atoms with E-state index in [1.54, 1.807) is 32.2 Å². The Kier molecular flexibility index (Phi) is 5.35. The molecule has 0 N–H and O–H groups in total. The zero-order valence-corrected chi connectivity index (χ0v) is 12.2. The largest absolute Gasteiger partial charge is 0.445 e. The molecule has 19 heavy (non-hydrogen) atoms. The molecule has 1 atom stereocenters. The maximum absolute atomic E-state index is 12.1. The fourth-order valence-electron chi connectivity index (χ4n) is 1.46. The van der Waals surface area contributed by atoms with Crippen LogP contribution in [-0.4, -0.2) is 44.9 Å². The van der Waals surface area contributed by atoms with Crippen LogP contribution >= 0.6 is 0 Å². The van der Waals surface area contributed by atoms with Crippen molar-refractivity contribution >= 4 is 15.9 Å². The number of carbonyl (C=O) groups is 1. The van der Waals surface area contributed by atoms with Gasteiger partial charge < -0.3 is 9.64 Å². The molecule has 0 spiro atoms. The summed E-state index contributed by atoms with van der Waals surface area (Å²) in [4.78, 5) is 13.1. The van der Waals surface area contributed by atoms with Crippen molar-refractivity contribution in [2.45, 2.75) is 24.8 Å². The molecule has 1 rings (SSSR count). The minimum atomic E-state index is -3.43. The van der Waals surface area contributed by atoms with Gasteiger partial charge in [0, 0.05) is 13.6 Å². The Balaban J connectivity index is 2.67. The van der Waals surface area contributed by atoms with E-state index in [-0.39, 0.29) is 10.6 Å². The molecule has 0 radical (unpaired) electrons. The van der Waals surface area contributed by atoms with E-state index in [1.165, 1.54) is 17.0 Å². The van der Waals surface area contributed by atoms with Gasteiger partial charge in [-0.2, -0.15) is 0 Å². The van der Waals surface area contributed by atoms with Crippen molar-refractivity contribution in [2.24, 2.45) is 0 Å². The van der Waals surface area contributed by atoms with Crippen LogP contribution in [0.15, 0.2) is 35.2 Å². The van der Waals surface area contributed by atoms with Crippen molar-refractivity contribution in [3.8, 4) is 0 Å². The number of sulfone groups is 1. The molecule has 0 aromatic heterocycles. The Bertz CT molecular complexity index is 513. The van der Waals surface area contributed by atoms with Crippen molar-refractivity contribution in [3.63, 3.8) is 0 Å². The summed E-state index contributed by atoms with van der Waals surface area (Å²) in [6.45, 7) is 3.89. The molecule has 1 aromatic carbocycles. The van der Waals surface area contributed by atoms with Crippen LogP contribution in [0.2, 0.25) is 0 Å². The van der Waals surface area contributed by atoms with Crippen LogP contribution < -0.4 is 0 Å². The van der Waals surface area contributed by atoms with Gasteiger partial charge in [-0.05, 0) is 26.0 Å². The fourth-order valence-corrected chi connectivity index (χ4v) is 2.91. The molecule has 0 saturated carbocycles. The first-order valence-electron chi connectivity index (χ1n) is 6.06. The Morgan fingerprint density at radius 2 is 1.89 bits per heavy atom. The Hall–Kier alpha value is -1.56. The zero-order chi connectivity index (χ0) is 14.5. The zero-order valence-electron chi connectivity index (χ0n) is 11.4. The smallest absolute Gasteiger partial charge is 0.409 e. The van der Waals surface area contributed by atoms with Gasteiger partial charge in [0.25, 0.3) is 0 Å².